The summed E-state index contributed by atoms with van der Waals surface area (Å²) in [6.07, 6.45) is 2.26. The van der Waals surface area contributed by atoms with Gasteiger partial charge in [-0.25, -0.2) is 4.98 Å². The van der Waals surface area contributed by atoms with Crippen LogP contribution in [-0.4, -0.2) is 55.7 Å². The largest absolute Gasteiger partial charge is 0.466 e. The Morgan fingerprint density at radius 1 is 1.40 bits per heavy atom. The molecule has 1 aromatic rings. The van der Waals surface area contributed by atoms with Crippen LogP contribution in [0.1, 0.15) is 25.5 Å². The van der Waals surface area contributed by atoms with Crippen LogP contribution in [0, 0.1) is 0 Å². The predicted molar refractivity (Wildman–Crippen MR) is 81.4 cm³/mol. The number of carbonyl (C=O) groups is 1. The highest BCUT2D eigenvalue weighted by atomic mass is 32.1. The fraction of sp³-hybridized carbons (Fsp3) is 0.714. The zero-order valence-electron chi connectivity index (χ0n) is 12.3. The first-order chi connectivity index (χ1) is 9.69. The van der Waals surface area contributed by atoms with Gasteiger partial charge < -0.3 is 14.5 Å². The smallest absolute Gasteiger partial charge is 0.306 e. The molecular weight excluding hydrogens is 274 g/mol. The van der Waals surface area contributed by atoms with Gasteiger partial charge in [0.1, 0.15) is 0 Å². The number of thiazole rings is 1. The van der Waals surface area contributed by atoms with E-state index in [1.807, 2.05) is 6.92 Å². The lowest BCUT2D eigenvalue weighted by molar-refractivity contribution is -0.143. The summed E-state index contributed by atoms with van der Waals surface area (Å²) in [5.74, 6) is -0.140. The molecule has 0 atom stereocenters. The summed E-state index contributed by atoms with van der Waals surface area (Å²) in [5, 5.41) is 3.14. The molecule has 0 N–H and O–H groups in total. The molecule has 0 aliphatic carbocycles. The van der Waals surface area contributed by atoms with Gasteiger partial charge in [-0.2, -0.15) is 0 Å². The number of esters is 1. The second kappa shape index (κ2) is 7.59. The van der Waals surface area contributed by atoms with E-state index in [1.165, 1.54) is 6.42 Å². The Morgan fingerprint density at radius 3 is 3.05 bits per heavy atom. The number of nitrogens with zero attached hydrogens (tertiary/aromatic N) is 3. The van der Waals surface area contributed by atoms with Gasteiger partial charge in [-0.05, 0) is 26.9 Å². The second-order valence-corrected chi connectivity index (χ2v) is 5.91. The van der Waals surface area contributed by atoms with Crippen LogP contribution < -0.4 is 4.90 Å². The Kier molecular flexibility index (Phi) is 5.79. The van der Waals surface area contributed by atoms with Crippen LogP contribution in [-0.2, 0) is 16.0 Å². The first kappa shape index (κ1) is 15.3. The minimum absolute atomic E-state index is 0.140. The number of aromatic nitrogens is 1. The molecule has 1 fully saturated rings. The maximum Gasteiger partial charge on any atom is 0.306 e. The Morgan fingerprint density at radius 2 is 2.25 bits per heavy atom. The van der Waals surface area contributed by atoms with E-state index >= 15 is 0 Å². The number of likely N-dealkylation sites (N-methyl/N-ethyl adjacent to an activating group) is 1. The van der Waals surface area contributed by atoms with Crippen LogP contribution in [0.2, 0.25) is 0 Å². The van der Waals surface area contributed by atoms with Crippen LogP contribution in [0.4, 0.5) is 5.13 Å². The third-order valence-corrected chi connectivity index (χ3v) is 4.37. The van der Waals surface area contributed by atoms with Gasteiger partial charge in [-0.15, -0.1) is 11.3 Å². The first-order valence-electron chi connectivity index (χ1n) is 7.22. The number of rotatable bonds is 5. The lowest BCUT2D eigenvalue weighted by Crippen LogP contribution is -2.28. The molecule has 2 heterocycles. The van der Waals surface area contributed by atoms with Crippen molar-refractivity contribution >= 4 is 22.4 Å². The van der Waals surface area contributed by atoms with E-state index in [0.717, 1.165) is 37.0 Å². The Balaban J connectivity index is 1.86. The molecule has 0 bridgehead atoms. The summed E-state index contributed by atoms with van der Waals surface area (Å²) in [6.45, 7) is 6.60. The zero-order chi connectivity index (χ0) is 14.4. The lowest BCUT2D eigenvalue weighted by Gasteiger charge is -2.19. The summed E-state index contributed by atoms with van der Waals surface area (Å²) in [6, 6.07) is 0. The molecule has 2 rings (SSSR count). The first-order valence-corrected chi connectivity index (χ1v) is 8.10. The fourth-order valence-electron chi connectivity index (χ4n) is 2.26. The monoisotopic (exact) mass is 297 g/mol. The van der Waals surface area contributed by atoms with Crippen LogP contribution in [0.5, 0.6) is 0 Å². The van der Waals surface area contributed by atoms with Crippen LogP contribution in [0.25, 0.3) is 0 Å². The topological polar surface area (TPSA) is 45.7 Å². The molecule has 0 amide bonds. The predicted octanol–water partition coefficient (Wildman–Crippen LogP) is 1.78. The highest BCUT2D eigenvalue weighted by Gasteiger charge is 2.15. The Hall–Kier alpha value is -1.14. The van der Waals surface area contributed by atoms with Crippen molar-refractivity contribution in [2.45, 2.75) is 26.2 Å². The quantitative estimate of drug-likeness (QED) is 0.775. The molecule has 1 aliphatic heterocycles. The molecule has 1 aliphatic rings. The number of hydrogen-bond acceptors (Lipinski definition) is 6. The van der Waals surface area contributed by atoms with Gasteiger partial charge in [0.05, 0.1) is 18.7 Å². The van der Waals surface area contributed by atoms with Crippen molar-refractivity contribution in [2.75, 3.05) is 44.7 Å². The summed E-state index contributed by atoms with van der Waals surface area (Å²) in [5.41, 5.74) is 0.996. The standard InChI is InChI=1S/C14H23N3O2S/c1-3-19-13(18)6-5-12-11-20-14(15-12)17-8-4-7-16(2)9-10-17/h11H,3-10H2,1-2H3. The van der Waals surface area contributed by atoms with E-state index in [2.05, 4.69) is 27.2 Å². The Labute approximate surface area is 124 Å². The van der Waals surface area contributed by atoms with Crippen molar-refractivity contribution in [3.8, 4) is 0 Å². The van der Waals surface area contributed by atoms with Gasteiger partial charge in [-0.3, -0.25) is 4.79 Å². The third-order valence-electron chi connectivity index (χ3n) is 3.42. The van der Waals surface area contributed by atoms with Crippen molar-refractivity contribution in [1.29, 1.82) is 0 Å². The van der Waals surface area contributed by atoms with E-state index < -0.39 is 0 Å². The maximum atomic E-state index is 11.3. The van der Waals surface area contributed by atoms with Crippen molar-refractivity contribution in [1.82, 2.24) is 9.88 Å². The summed E-state index contributed by atoms with van der Waals surface area (Å²) < 4.78 is 4.94. The van der Waals surface area contributed by atoms with E-state index in [0.29, 0.717) is 19.4 Å². The average molecular weight is 297 g/mol. The normalized spacial score (nSPS) is 17.0. The molecule has 1 saturated heterocycles. The number of hydrogen-bond donors (Lipinski definition) is 0. The van der Waals surface area contributed by atoms with Gasteiger partial charge in [-0.1, -0.05) is 0 Å². The highest BCUT2D eigenvalue weighted by Crippen LogP contribution is 2.22. The maximum absolute atomic E-state index is 11.3. The van der Waals surface area contributed by atoms with E-state index in [1.54, 1.807) is 11.3 Å². The summed E-state index contributed by atoms with van der Waals surface area (Å²) in [4.78, 5) is 20.7. The Bertz CT molecular complexity index is 436. The third kappa shape index (κ3) is 4.45. The number of ether oxygens (including phenoxy) is 1. The van der Waals surface area contributed by atoms with Crippen LogP contribution >= 0.6 is 11.3 Å². The van der Waals surface area contributed by atoms with E-state index in [9.17, 15) is 4.79 Å². The van der Waals surface area contributed by atoms with Crippen molar-refractivity contribution in [2.24, 2.45) is 0 Å². The van der Waals surface area contributed by atoms with Crippen molar-refractivity contribution in [3.63, 3.8) is 0 Å². The van der Waals surface area contributed by atoms with Gasteiger partial charge in [0.15, 0.2) is 5.13 Å². The number of anilines is 1. The molecule has 1 aromatic heterocycles. The molecule has 6 heteroatoms. The van der Waals surface area contributed by atoms with E-state index in [-0.39, 0.29) is 5.97 Å². The fourth-order valence-corrected chi connectivity index (χ4v) is 3.17. The molecule has 0 spiro atoms. The molecule has 20 heavy (non-hydrogen) atoms. The van der Waals surface area contributed by atoms with Gasteiger partial charge >= 0.3 is 5.97 Å². The highest BCUT2D eigenvalue weighted by molar-refractivity contribution is 7.13. The molecule has 0 saturated carbocycles. The lowest BCUT2D eigenvalue weighted by atomic mass is 10.2. The van der Waals surface area contributed by atoms with Crippen molar-refractivity contribution < 1.29 is 9.53 Å². The molecule has 0 aromatic carbocycles. The average Bonchev–Trinajstić information content (AvgIpc) is 2.79. The second-order valence-electron chi connectivity index (χ2n) is 5.07. The molecule has 112 valence electrons. The number of aryl methyl sites for hydroxylation is 1. The van der Waals surface area contributed by atoms with Crippen LogP contribution in [0.3, 0.4) is 0 Å². The van der Waals surface area contributed by atoms with Crippen molar-refractivity contribution in [3.05, 3.63) is 11.1 Å². The minimum Gasteiger partial charge on any atom is -0.466 e. The molecule has 0 radical (unpaired) electrons. The van der Waals surface area contributed by atoms with Crippen LogP contribution in [0.15, 0.2) is 5.38 Å². The minimum atomic E-state index is -0.140. The molecular formula is C14H23N3O2S. The SMILES string of the molecule is CCOC(=O)CCc1csc(N2CCCN(C)CC2)n1. The van der Waals surface area contributed by atoms with Gasteiger partial charge in [0, 0.05) is 31.4 Å². The van der Waals surface area contributed by atoms with Gasteiger partial charge in [0.2, 0.25) is 0 Å². The molecule has 5 nitrogen and oxygen atoms in total. The molecule has 0 unspecified atom stereocenters. The summed E-state index contributed by atoms with van der Waals surface area (Å²) in [7, 11) is 2.16. The zero-order valence-corrected chi connectivity index (χ0v) is 13.1. The number of carbonyl (C=O) groups excluding carboxylic acids is 1. The van der Waals surface area contributed by atoms with Gasteiger partial charge in [0.25, 0.3) is 0 Å². The summed E-state index contributed by atoms with van der Waals surface area (Å²) >= 11 is 1.68. The van der Waals surface area contributed by atoms with E-state index in [4.69, 9.17) is 4.74 Å².